The molecule has 0 atom stereocenters. The topological polar surface area (TPSA) is 29.1 Å². The lowest BCUT2D eigenvalue weighted by molar-refractivity contribution is -0.129. The first-order chi connectivity index (χ1) is 5.04. The maximum Gasteiger partial charge on any atom is 0.225 e. The average molecular weight is 175 g/mol. The quantitative estimate of drug-likeness (QED) is 0.622. The van der Waals surface area contributed by atoms with Gasteiger partial charge in [-0.25, -0.2) is 0 Å². The molecule has 0 aliphatic carbocycles. The van der Waals surface area contributed by atoms with E-state index in [1.165, 1.54) is 0 Å². The molecule has 1 amide bonds. The molecular weight excluding hydrogens is 158 g/mol. The highest BCUT2D eigenvalue weighted by atomic mass is 32.1. The molecular formula is C8H17NOS. The molecule has 0 heterocycles. The van der Waals surface area contributed by atoms with E-state index in [0.717, 1.165) is 6.42 Å². The molecule has 0 aromatic rings. The van der Waals surface area contributed by atoms with E-state index in [0.29, 0.717) is 12.3 Å². The Morgan fingerprint density at radius 3 is 2.45 bits per heavy atom. The molecule has 0 rings (SSSR count). The number of amides is 1. The van der Waals surface area contributed by atoms with Gasteiger partial charge in [-0.2, -0.15) is 12.6 Å². The molecule has 0 fully saturated rings. The predicted molar refractivity (Wildman–Crippen MR) is 50.9 cm³/mol. The van der Waals surface area contributed by atoms with Crippen molar-refractivity contribution in [3.05, 3.63) is 0 Å². The smallest absolute Gasteiger partial charge is 0.225 e. The third-order valence-electron chi connectivity index (χ3n) is 1.90. The molecule has 0 bridgehead atoms. The first-order valence-electron chi connectivity index (χ1n) is 3.93. The van der Waals surface area contributed by atoms with Crippen molar-refractivity contribution in [2.75, 3.05) is 12.3 Å². The summed E-state index contributed by atoms with van der Waals surface area (Å²) in [5.41, 5.74) is -0.233. The summed E-state index contributed by atoms with van der Waals surface area (Å²) in [7, 11) is 0. The van der Waals surface area contributed by atoms with Crippen LogP contribution in [0.25, 0.3) is 0 Å². The Kier molecular flexibility index (Phi) is 4.57. The van der Waals surface area contributed by atoms with Crippen LogP contribution in [-0.4, -0.2) is 18.2 Å². The maximum atomic E-state index is 11.3. The van der Waals surface area contributed by atoms with Crippen LogP contribution >= 0.6 is 12.6 Å². The number of thiol groups is 1. The number of carbonyl (C=O) groups is 1. The molecule has 0 aliphatic heterocycles. The Morgan fingerprint density at radius 2 is 2.09 bits per heavy atom. The molecule has 0 aliphatic rings. The van der Waals surface area contributed by atoms with Crippen molar-refractivity contribution in [1.82, 2.24) is 5.32 Å². The van der Waals surface area contributed by atoms with Crippen molar-refractivity contribution in [2.24, 2.45) is 5.41 Å². The van der Waals surface area contributed by atoms with Gasteiger partial charge in [-0.1, -0.05) is 20.8 Å². The minimum Gasteiger partial charge on any atom is -0.355 e. The number of hydrogen-bond acceptors (Lipinski definition) is 2. The molecule has 0 aromatic carbocycles. The number of rotatable bonds is 4. The fourth-order valence-corrected chi connectivity index (χ4v) is 0.681. The summed E-state index contributed by atoms with van der Waals surface area (Å²) in [6.07, 6.45) is 0.866. The van der Waals surface area contributed by atoms with E-state index in [-0.39, 0.29) is 11.3 Å². The summed E-state index contributed by atoms with van der Waals surface area (Å²) in [5, 5.41) is 2.81. The Balaban J connectivity index is 3.82. The number of carbonyl (C=O) groups excluding carboxylic acids is 1. The van der Waals surface area contributed by atoms with Crippen molar-refractivity contribution in [1.29, 1.82) is 0 Å². The molecule has 0 saturated heterocycles. The molecule has 0 saturated carbocycles. The van der Waals surface area contributed by atoms with Gasteiger partial charge in [0.05, 0.1) is 0 Å². The Labute approximate surface area is 74.2 Å². The van der Waals surface area contributed by atoms with Crippen LogP contribution in [0, 0.1) is 5.41 Å². The molecule has 0 radical (unpaired) electrons. The summed E-state index contributed by atoms with van der Waals surface area (Å²) in [6, 6.07) is 0. The fourth-order valence-electron chi connectivity index (χ4n) is 0.569. The molecule has 2 nitrogen and oxygen atoms in total. The van der Waals surface area contributed by atoms with Crippen LogP contribution in [0.15, 0.2) is 0 Å². The van der Waals surface area contributed by atoms with Crippen LogP contribution in [0.2, 0.25) is 0 Å². The van der Waals surface area contributed by atoms with Gasteiger partial charge in [0.1, 0.15) is 0 Å². The van der Waals surface area contributed by atoms with Gasteiger partial charge in [0, 0.05) is 17.7 Å². The van der Waals surface area contributed by atoms with Gasteiger partial charge in [0.25, 0.3) is 0 Å². The highest BCUT2D eigenvalue weighted by molar-refractivity contribution is 7.80. The monoisotopic (exact) mass is 175 g/mol. The SMILES string of the molecule is CCC(C)(C)C(=O)NCCS. The third-order valence-corrected chi connectivity index (χ3v) is 2.12. The van der Waals surface area contributed by atoms with E-state index < -0.39 is 0 Å². The second-order valence-electron chi connectivity index (χ2n) is 3.22. The zero-order valence-corrected chi connectivity index (χ0v) is 8.37. The molecule has 0 unspecified atom stereocenters. The summed E-state index contributed by atoms with van der Waals surface area (Å²) in [5.74, 6) is 0.819. The van der Waals surface area contributed by atoms with Crippen LogP contribution in [0.5, 0.6) is 0 Å². The van der Waals surface area contributed by atoms with E-state index in [9.17, 15) is 4.79 Å². The minimum atomic E-state index is -0.233. The van der Waals surface area contributed by atoms with Gasteiger partial charge >= 0.3 is 0 Å². The van der Waals surface area contributed by atoms with Crippen LogP contribution in [0.4, 0.5) is 0 Å². The fraction of sp³-hybridized carbons (Fsp3) is 0.875. The average Bonchev–Trinajstić information content (AvgIpc) is 2.00. The van der Waals surface area contributed by atoms with Gasteiger partial charge in [-0.15, -0.1) is 0 Å². The van der Waals surface area contributed by atoms with Gasteiger partial charge in [-0.05, 0) is 6.42 Å². The second kappa shape index (κ2) is 4.65. The van der Waals surface area contributed by atoms with E-state index >= 15 is 0 Å². The van der Waals surface area contributed by atoms with Gasteiger partial charge in [0.2, 0.25) is 5.91 Å². The van der Waals surface area contributed by atoms with Crippen LogP contribution < -0.4 is 5.32 Å². The van der Waals surface area contributed by atoms with Gasteiger partial charge in [-0.3, -0.25) is 4.79 Å². The second-order valence-corrected chi connectivity index (χ2v) is 3.66. The van der Waals surface area contributed by atoms with Gasteiger partial charge < -0.3 is 5.32 Å². The molecule has 1 N–H and O–H groups in total. The molecule has 0 spiro atoms. The van der Waals surface area contributed by atoms with Crippen molar-refractivity contribution in [3.63, 3.8) is 0 Å². The molecule has 66 valence electrons. The summed E-state index contributed by atoms with van der Waals surface area (Å²) in [6.45, 7) is 6.56. The zero-order valence-electron chi connectivity index (χ0n) is 7.48. The Bertz CT molecular complexity index is 134. The first kappa shape index (κ1) is 10.8. The number of hydrogen-bond donors (Lipinski definition) is 2. The summed E-state index contributed by atoms with van der Waals surface area (Å²) >= 11 is 4.01. The van der Waals surface area contributed by atoms with Crippen molar-refractivity contribution in [2.45, 2.75) is 27.2 Å². The summed E-state index contributed by atoms with van der Waals surface area (Å²) < 4.78 is 0. The standard InChI is InChI=1S/C8H17NOS/c1-4-8(2,3)7(10)9-5-6-11/h11H,4-6H2,1-3H3,(H,9,10). The normalized spacial score (nSPS) is 11.3. The van der Waals surface area contributed by atoms with Gasteiger partial charge in [0.15, 0.2) is 0 Å². The Hall–Kier alpha value is -0.180. The first-order valence-corrected chi connectivity index (χ1v) is 4.57. The van der Waals surface area contributed by atoms with E-state index in [4.69, 9.17) is 0 Å². The lowest BCUT2D eigenvalue weighted by Crippen LogP contribution is -2.37. The van der Waals surface area contributed by atoms with Crippen molar-refractivity contribution >= 4 is 18.5 Å². The van der Waals surface area contributed by atoms with Crippen LogP contribution in [0.1, 0.15) is 27.2 Å². The van der Waals surface area contributed by atoms with Crippen LogP contribution in [-0.2, 0) is 4.79 Å². The molecule has 3 heteroatoms. The van der Waals surface area contributed by atoms with Crippen LogP contribution in [0.3, 0.4) is 0 Å². The minimum absolute atomic E-state index is 0.119. The van der Waals surface area contributed by atoms with E-state index in [1.807, 2.05) is 20.8 Å². The maximum absolute atomic E-state index is 11.3. The predicted octanol–water partition coefficient (Wildman–Crippen LogP) is 1.47. The van der Waals surface area contributed by atoms with Crippen molar-refractivity contribution < 1.29 is 4.79 Å². The molecule has 0 aromatic heterocycles. The largest absolute Gasteiger partial charge is 0.355 e. The third kappa shape index (κ3) is 3.65. The summed E-state index contributed by atoms with van der Waals surface area (Å²) in [4.78, 5) is 11.3. The van der Waals surface area contributed by atoms with Crippen molar-refractivity contribution in [3.8, 4) is 0 Å². The number of nitrogens with one attached hydrogen (secondary N) is 1. The highest BCUT2D eigenvalue weighted by Crippen LogP contribution is 2.18. The van der Waals surface area contributed by atoms with E-state index in [2.05, 4.69) is 17.9 Å². The highest BCUT2D eigenvalue weighted by Gasteiger charge is 2.24. The lowest BCUT2D eigenvalue weighted by atomic mass is 9.89. The zero-order chi connectivity index (χ0) is 8.91. The molecule has 11 heavy (non-hydrogen) atoms. The lowest BCUT2D eigenvalue weighted by Gasteiger charge is -2.20. The van der Waals surface area contributed by atoms with E-state index in [1.54, 1.807) is 0 Å². The Morgan fingerprint density at radius 1 is 1.55 bits per heavy atom.